The van der Waals surface area contributed by atoms with E-state index in [1.807, 2.05) is 11.8 Å². The van der Waals surface area contributed by atoms with E-state index in [2.05, 4.69) is 142 Å². The molecule has 2 aliphatic heterocycles. The molecule has 2 aromatic carbocycles. The fourth-order valence-electron chi connectivity index (χ4n) is 6.21. The number of allylic oxidation sites excluding steroid dienone is 7. The lowest BCUT2D eigenvalue weighted by Gasteiger charge is -2.36. The Hall–Kier alpha value is -2.69. The number of para-hydroxylation sites is 2. The Morgan fingerprint density at radius 1 is 0.821 bits per heavy atom. The molecule has 1 unspecified atom stereocenters. The van der Waals surface area contributed by atoms with Crippen molar-refractivity contribution in [2.24, 2.45) is 0 Å². The summed E-state index contributed by atoms with van der Waals surface area (Å²) >= 11 is 1.93. The average molecular weight is 543 g/mol. The highest BCUT2D eigenvalue weighted by Gasteiger charge is 2.39. The van der Waals surface area contributed by atoms with Crippen molar-refractivity contribution in [1.82, 2.24) is 0 Å². The Bertz CT molecular complexity index is 1210. The number of benzene rings is 2. The van der Waals surface area contributed by atoms with Gasteiger partial charge in [0.05, 0.1) is 37.2 Å². The third kappa shape index (κ3) is 6.23. The molecular formula is C35H48N3S+. The molecule has 0 aliphatic carbocycles. The molecule has 4 rings (SSSR count). The highest BCUT2D eigenvalue weighted by atomic mass is 32.2. The maximum atomic E-state index is 2.58. The fourth-order valence-corrected chi connectivity index (χ4v) is 7.49. The molecule has 3 nitrogen and oxygen atoms in total. The molecule has 0 spiro atoms. The third-order valence-corrected chi connectivity index (χ3v) is 10.1. The van der Waals surface area contributed by atoms with Crippen molar-refractivity contribution in [3.63, 3.8) is 0 Å². The van der Waals surface area contributed by atoms with E-state index in [9.17, 15) is 0 Å². The highest BCUT2D eigenvalue weighted by molar-refractivity contribution is 8.00. The summed E-state index contributed by atoms with van der Waals surface area (Å²) in [5.41, 5.74) is 5.54. The fraction of sp³-hybridized carbons (Fsp3) is 0.429. The van der Waals surface area contributed by atoms with Crippen LogP contribution in [0.1, 0.15) is 53.5 Å². The van der Waals surface area contributed by atoms with Crippen molar-refractivity contribution in [1.29, 1.82) is 0 Å². The van der Waals surface area contributed by atoms with Crippen LogP contribution in [0.15, 0.2) is 102 Å². The van der Waals surface area contributed by atoms with Crippen molar-refractivity contribution in [2.45, 2.75) is 63.6 Å². The van der Waals surface area contributed by atoms with Crippen LogP contribution in [0.3, 0.4) is 0 Å². The summed E-state index contributed by atoms with van der Waals surface area (Å²) in [6.45, 7) is 20.9. The first-order valence-corrected chi connectivity index (χ1v) is 15.8. The maximum Gasteiger partial charge on any atom is 0.0985 e. The molecule has 0 saturated carbocycles. The zero-order chi connectivity index (χ0) is 27.9. The van der Waals surface area contributed by atoms with E-state index in [-0.39, 0.29) is 5.41 Å². The summed E-state index contributed by atoms with van der Waals surface area (Å²) in [6, 6.07) is 17.7. The molecule has 0 amide bonds. The lowest BCUT2D eigenvalue weighted by molar-refractivity contribution is -0.923. The van der Waals surface area contributed by atoms with Gasteiger partial charge in [-0.05, 0) is 57.5 Å². The Balaban J connectivity index is 1.43. The summed E-state index contributed by atoms with van der Waals surface area (Å²) in [7, 11) is 0. The number of hydrogen-bond donors (Lipinski definition) is 0. The Labute approximate surface area is 242 Å². The molecule has 2 aromatic rings. The SMILES string of the molecule is CCN1c2ccccc2SC1C=CC=CC=CC=C1N(CCC[N+](CC)(CC)CC)c2ccccc2C1(C)C. The quantitative estimate of drug-likeness (QED) is 0.196. The predicted octanol–water partition coefficient (Wildman–Crippen LogP) is 8.56. The van der Waals surface area contributed by atoms with Crippen molar-refractivity contribution in [3.05, 3.63) is 102 Å². The average Bonchev–Trinajstić information content (AvgIpc) is 3.42. The molecule has 0 N–H and O–H groups in total. The number of anilines is 2. The molecule has 0 radical (unpaired) electrons. The molecule has 0 bridgehead atoms. The first-order chi connectivity index (χ1) is 18.9. The van der Waals surface area contributed by atoms with Crippen LogP contribution in [0, 0.1) is 0 Å². The van der Waals surface area contributed by atoms with E-state index in [1.54, 1.807) is 0 Å². The summed E-state index contributed by atoms with van der Waals surface area (Å²) in [6.07, 6.45) is 16.7. The Morgan fingerprint density at radius 2 is 1.46 bits per heavy atom. The van der Waals surface area contributed by atoms with Crippen LogP contribution in [-0.4, -0.2) is 49.1 Å². The maximum absolute atomic E-state index is 2.58. The van der Waals surface area contributed by atoms with E-state index < -0.39 is 0 Å². The summed E-state index contributed by atoms with van der Waals surface area (Å²) in [5, 5.41) is 0.361. The second-order valence-electron chi connectivity index (χ2n) is 11.1. The molecule has 0 fully saturated rings. The molecule has 2 aliphatic rings. The van der Waals surface area contributed by atoms with Gasteiger partial charge in [0.1, 0.15) is 0 Å². The van der Waals surface area contributed by atoms with Gasteiger partial charge in [0.25, 0.3) is 0 Å². The monoisotopic (exact) mass is 542 g/mol. The standard InChI is InChI=1S/C35H48N3S/c1-7-36-31-23-18-19-24-32(31)39-34(36)26-15-13-11-12-14-25-33-35(5,6)29-21-16-17-22-30(29)37(33)27-20-28-38(8-2,9-3)10-4/h11-19,21-26,34H,7-10,20,27-28H2,1-6H3/q+1. The van der Waals surface area contributed by atoms with Gasteiger partial charge in [0, 0.05) is 41.2 Å². The van der Waals surface area contributed by atoms with Crippen molar-refractivity contribution < 1.29 is 4.48 Å². The summed E-state index contributed by atoms with van der Waals surface area (Å²) < 4.78 is 1.21. The molecular weight excluding hydrogens is 494 g/mol. The number of thioether (sulfide) groups is 1. The van der Waals surface area contributed by atoms with E-state index >= 15 is 0 Å². The van der Waals surface area contributed by atoms with Crippen LogP contribution in [0.4, 0.5) is 11.4 Å². The minimum absolute atomic E-state index is 0.00488. The van der Waals surface area contributed by atoms with Crippen LogP contribution in [0.5, 0.6) is 0 Å². The molecule has 0 aromatic heterocycles. The van der Waals surface area contributed by atoms with Crippen molar-refractivity contribution in [3.8, 4) is 0 Å². The predicted molar refractivity (Wildman–Crippen MR) is 173 cm³/mol. The number of hydrogen-bond acceptors (Lipinski definition) is 3. The lowest BCUT2D eigenvalue weighted by Crippen LogP contribution is -2.48. The third-order valence-electron chi connectivity index (χ3n) is 8.87. The van der Waals surface area contributed by atoms with E-state index in [0.29, 0.717) is 5.37 Å². The normalized spacial score (nSPS) is 19.7. The molecule has 0 saturated heterocycles. The van der Waals surface area contributed by atoms with Crippen LogP contribution in [0.25, 0.3) is 0 Å². The Morgan fingerprint density at radius 3 is 2.18 bits per heavy atom. The summed E-state index contributed by atoms with van der Waals surface area (Å²) in [4.78, 5) is 6.41. The minimum Gasteiger partial charge on any atom is -0.355 e. The zero-order valence-corrected chi connectivity index (χ0v) is 25.8. The van der Waals surface area contributed by atoms with Crippen LogP contribution < -0.4 is 9.80 Å². The van der Waals surface area contributed by atoms with Crippen LogP contribution in [0.2, 0.25) is 0 Å². The van der Waals surface area contributed by atoms with Gasteiger partial charge in [0.2, 0.25) is 0 Å². The summed E-state index contributed by atoms with van der Waals surface area (Å²) in [5.74, 6) is 0. The van der Waals surface area contributed by atoms with Gasteiger partial charge in [-0.15, -0.1) is 0 Å². The van der Waals surface area contributed by atoms with E-state index in [0.717, 1.165) is 13.1 Å². The number of quaternary nitrogens is 1. The van der Waals surface area contributed by atoms with Crippen molar-refractivity contribution in [2.75, 3.05) is 49.1 Å². The number of fused-ring (bicyclic) bond motifs is 2. The second-order valence-corrected chi connectivity index (χ2v) is 12.3. The largest absolute Gasteiger partial charge is 0.355 e. The second kappa shape index (κ2) is 13.1. The van der Waals surface area contributed by atoms with Gasteiger partial charge in [-0.3, -0.25) is 0 Å². The molecule has 39 heavy (non-hydrogen) atoms. The molecule has 4 heteroatoms. The van der Waals surface area contributed by atoms with Gasteiger partial charge >= 0.3 is 0 Å². The number of nitrogens with zero attached hydrogens (tertiary/aromatic N) is 3. The number of likely N-dealkylation sites (N-methyl/N-ethyl adjacent to an activating group) is 1. The molecule has 2 heterocycles. The van der Waals surface area contributed by atoms with Gasteiger partial charge in [-0.25, -0.2) is 0 Å². The van der Waals surface area contributed by atoms with Gasteiger partial charge in [-0.2, -0.15) is 0 Å². The molecule has 1 atom stereocenters. The Kier molecular flexibility index (Phi) is 9.85. The molecule has 208 valence electrons. The smallest absolute Gasteiger partial charge is 0.0985 e. The minimum atomic E-state index is -0.00488. The van der Waals surface area contributed by atoms with Gasteiger partial charge < -0.3 is 14.3 Å². The van der Waals surface area contributed by atoms with E-state index in [4.69, 9.17) is 0 Å². The lowest BCUT2D eigenvalue weighted by atomic mass is 9.84. The van der Waals surface area contributed by atoms with Crippen LogP contribution in [-0.2, 0) is 5.41 Å². The van der Waals surface area contributed by atoms with Crippen LogP contribution >= 0.6 is 11.8 Å². The van der Waals surface area contributed by atoms with Crippen molar-refractivity contribution >= 4 is 23.1 Å². The highest BCUT2D eigenvalue weighted by Crippen LogP contribution is 2.47. The zero-order valence-electron chi connectivity index (χ0n) is 24.9. The first kappa shape index (κ1) is 29.3. The first-order valence-electron chi connectivity index (χ1n) is 14.9. The van der Waals surface area contributed by atoms with Gasteiger partial charge in [0.15, 0.2) is 0 Å². The topological polar surface area (TPSA) is 6.48 Å². The van der Waals surface area contributed by atoms with Gasteiger partial charge in [-0.1, -0.05) is 92.4 Å². The van der Waals surface area contributed by atoms with E-state index in [1.165, 1.54) is 64.6 Å². The number of rotatable bonds is 12.